The van der Waals surface area contributed by atoms with Gasteiger partial charge in [0.25, 0.3) is 0 Å². The standard InChI is InChI=1S/C23H13B10O2/c1-4-11(25)18(30)19(31)13(27)5-9-12(26)6-10(22(34)21(33)17(29)8(3)24)15-14(9)7(2)16(28)20(32)23(15)35/h1,22,34-35H,3,5-6H2,2H3/b18-11-,19-13-,21-17-. The Labute approximate surface area is 220 Å². The van der Waals surface area contributed by atoms with Crippen molar-refractivity contribution in [2.24, 2.45) is 0 Å². The number of aliphatic hydroxyl groups is 1. The van der Waals surface area contributed by atoms with Crippen molar-refractivity contribution in [1.82, 2.24) is 0 Å². The van der Waals surface area contributed by atoms with Crippen LogP contribution < -0.4 is 21.4 Å². The number of aromatic hydroxyl groups is 1. The van der Waals surface area contributed by atoms with E-state index < -0.39 is 6.10 Å². The number of phenols is 1. The fourth-order valence-electron chi connectivity index (χ4n) is 3.79. The molecule has 0 aromatic heterocycles. The zero-order valence-corrected chi connectivity index (χ0v) is 19.4. The van der Waals surface area contributed by atoms with Gasteiger partial charge in [-0.15, -0.1) is 0 Å². The van der Waals surface area contributed by atoms with Crippen LogP contribution in [-0.4, -0.2) is 99.9 Å². The summed E-state index contributed by atoms with van der Waals surface area (Å²) in [6, 6.07) is 0. The number of allylic oxidation sites excluding steroid dienone is 6. The van der Waals surface area contributed by atoms with Gasteiger partial charge in [0, 0.05) is 0 Å². The van der Waals surface area contributed by atoms with Crippen LogP contribution in [0.1, 0.15) is 18.4 Å². The molecule has 0 fully saturated rings. The van der Waals surface area contributed by atoms with Crippen LogP contribution in [0.2, 0.25) is 0 Å². The molecule has 0 saturated heterocycles. The molecule has 0 aliphatic heterocycles. The number of fused-ring (bicyclic) bond motifs is 1. The summed E-state index contributed by atoms with van der Waals surface area (Å²) in [6.07, 6.45) is 3.76. The van der Waals surface area contributed by atoms with Gasteiger partial charge < -0.3 is 0 Å². The van der Waals surface area contributed by atoms with Crippen molar-refractivity contribution in [3.8, 4) is 18.1 Å². The Kier molecular flexibility index (Phi) is 9.29. The molecule has 1 aliphatic carbocycles. The SMILES string of the molecule is [B]C(=C)/C([B])=C(/[B])C(O)C1=c2c(O)c([B])c([B])c(C)c2=C(C/C([B])=C([B])\C([B])=C(\[B])C#C)C(=[B])C1. The van der Waals surface area contributed by atoms with E-state index in [4.69, 9.17) is 84.5 Å². The van der Waals surface area contributed by atoms with Crippen molar-refractivity contribution in [2.45, 2.75) is 25.9 Å². The summed E-state index contributed by atoms with van der Waals surface area (Å²) in [5, 5.41) is 22.6. The summed E-state index contributed by atoms with van der Waals surface area (Å²) in [6.45, 7) is 5.20. The fraction of sp³-hybridized carbons (Fsp3) is 0.174. The molecule has 19 radical (unpaired) electrons. The van der Waals surface area contributed by atoms with Crippen LogP contribution in [0.5, 0.6) is 5.75 Å². The molecule has 0 amide bonds. The van der Waals surface area contributed by atoms with Crippen LogP contribution in [-0.2, 0) is 0 Å². The van der Waals surface area contributed by atoms with E-state index in [1.54, 1.807) is 6.92 Å². The van der Waals surface area contributed by atoms with Gasteiger partial charge in [0.2, 0.25) is 0 Å². The van der Waals surface area contributed by atoms with Gasteiger partial charge in [0.1, 0.15) is 0 Å². The van der Waals surface area contributed by atoms with E-state index in [9.17, 15) is 10.2 Å². The second kappa shape index (κ2) is 11.2. The first-order valence-corrected chi connectivity index (χ1v) is 10.3. The predicted molar refractivity (Wildman–Crippen MR) is 155 cm³/mol. The number of aliphatic hydroxyl groups excluding tert-OH is 1. The summed E-state index contributed by atoms with van der Waals surface area (Å²) >= 11 is 0. The molecule has 2 rings (SSSR count). The van der Waals surface area contributed by atoms with Crippen molar-refractivity contribution in [2.75, 3.05) is 0 Å². The second-order valence-electron chi connectivity index (χ2n) is 8.14. The molecule has 12 heteroatoms. The molecule has 1 unspecified atom stereocenters. The fourth-order valence-corrected chi connectivity index (χ4v) is 3.79. The number of hydrogen-bond acceptors (Lipinski definition) is 2. The van der Waals surface area contributed by atoms with Crippen molar-refractivity contribution in [3.63, 3.8) is 0 Å². The average molecular weight is 429 g/mol. The summed E-state index contributed by atoms with van der Waals surface area (Å²) in [7, 11) is 60.0. The van der Waals surface area contributed by atoms with Gasteiger partial charge in [-0.1, -0.05) is 0 Å². The van der Waals surface area contributed by atoms with Gasteiger partial charge in [0.15, 0.2) is 0 Å². The zero-order valence-electron chi connectivity index (χ0n) is 19.4. The summed E-state index contributed by atoms with van der Waals surface area (Å²) < 4.78 is 0. The van der Waals surface area contributed by atoms with Crippen LogP contribution in [0.4, 0.5) is 0 Å². The first-order chi connectivity index (χ1) is 16.2. The molecule has 0 saturated carbocycles. The molecular weight excluding hydrogens is 416 g/mol. The van der Waals surface area contributed by atoms with Gasteiger partial charge in [-0.05, 0) is 0 Å². The monoisotopic (exact) mass is 431 g/mol. The second-order valence-corrected chi connectivity index (χ2v) is 8.14. The molecule has 0 bridgehead atoms. The Morgan fingerprint density at radius 2 is 1.57 bits per heavy atom. The third kappa shape index (κ3) is 5.46. The number of benzene rings is 1. The number of terminal acetylenes is 1. The predicted octanol–water partition coefficient (Wildman–Crippen LogP) is -3.95. The summed E-state index contributed by atoms with van der Waals surface area (Å²) in [5.41, 5.74) is 1.14. The van der Waals surface area contributed by atoms with Crippen LogP contribution >= 0.6 is 0 Å². The molecule has 35 heavy (non-hydrogen) atoms. The van der Waals surface area contributed by atoms with E-state index in [1.807, 2.05) is 0 Å². The molecule has 1 aromatic carbocycles. The van der Waals surface area contributed by atoms with Crippen LogP contribution in [0.3, 0.4) is 0 Å². The van der Waals surface area contributed by atoms with Crippen molar-refractivity contribution in [1.29, 1.82) is 0 Å². The Morgan fingerprint density at radius 3 is 2.09 bits per heavy atom. The van der Waals surface area contributed by atoms with Crippen LogP contribution in [0, 0.1) is 19.3 Å². The maximum atomic E-state index is 11.1. The molecule has 2 nitrogen and oxygen atoms in total. The quantitative estimate of drug-likeness (QED) is 0.275. The third-order valence-electron chi connectivity index (χ3n) is 5.93. The molecular formula is C23H13B10O2. The average Bonchev–Trinajstić information content (AvgIpc) is 2.83. The van der Waals surface area contributed by atoms with E-state index in [2.05, 4.69) is 12.5 Å². The maximum absolute atomic E-state index is 11.1. The molecule has 0 spiro atoms. The first kappa shape index (κ1) is 29.0. The normalized spacial score (nSPS) is 16.4. The number of hydrogen-bond donors (Lipinski definition) is 2. The van der Waals surface area contributed by atoms with Crippen molar-refractivity contribution in [3.05, 3.63) is 60.9 Å². The van der Waals surface area contributed by atoms with Gasteiger partial charge in [-0.25, -0.2) is 0 Å². The van der Waals surface area contributed by atoms with E-state index in [0.717, 1.165) is 0 Å². The molecule has 147 valence electrons. The Morgan fingerprint density at radius 1 is 1.00 bits per heavy atom. The Bertz CT molecular complexity index is 1410. The summed E-state index contributed by atoms with van der Waals surface area (Å²) in [5.74, 6) is 1.83. The molecule has 1 aromatic rings. The molecule has 0 heterocycles. The molecule has 1 aliphatic rings. The van der Waals surface area contributed by atoms with E-state index in [1.165, 1.54) is 0 Å². The number of rotatable bonds is 6. The van der Waals surface area contributed by atoms with E-state index in [-0.39, 0.29) is 78.6 Å². The number of phenolic OH excluding ortho intramolecular Hbond substituents is 1. The minimum absolute atomic E-state index is 0.0106. The van der Waals surface area contributed by atoms with E-state index >= 15 is 0 Å². The van der Waals surface area contributed by atoms with Gasteiger partial charge in [0.05, 0.1) is 0 Å². The summed E-state index contributed by atoms with van der Waals surface area (Å²) in [4.78, 5) is 0. The van der Waals surface area contributed by atoms with Gasteiger partial charge in [-0.2, -0.15) is 0 Å². The Hall–Kier alpha value is -2.24. The van der Waals surface area contributed by atoms with Gasteiger partial charge in [-0.3, -0.25) is 0 Å². The molecule has 1 atom stereocenters. The topological polar surface area (TPSA) is 40.5 Å². The van der Waals surface area contributed by atoms with Crippen LogP contribution in [0.15, 0.2) is 44.9 Å². The first-order valence-electron chi connectivity index (χ1n) is 10.3. The Balaban J connectivity index is 3.05. The zero-order chi connectivity index (χ0) is 26.9. The van der Waals surface area contributed by atoms with E-state index in [0.29, 0.717) is 21.8 Å². The molecule has 2 N–H and O–H groups in total. The minimum atomic E-state index is -1.48. The van der Waals surface area contributed by atoms with Crippen LogP contribution in [0.25, 0.3) is 11.1 Å². The van der Waals surface area contributed by atoms with Gasteiger partial charge >= 0.3 is 221 Å². The van der Waals surface area contributed by atoms with Crippen molar-refractivity contribution >= 4 is 106 Å². The third-order valence-corrected chi connectivity index (χ3v) is 5.93. The van der Waals surface area contributed by atoms with Crippen molar-refractivity contribution < 1.29 is 10.2 Å².